The fourth-order valence-corrected chi connectivity index (χ4v) is 1.89. The van der Waals surface area contributed by atoms with Crippen molar-refractivity contribution in [3.8, 4) is 11.5 Å². The second-order valence-corrected chi connectivity index (χ2v) is 6.84. The molecular formula is C20H20CaCl2O6. The standard InChI is InChI=1S/2C10H11ClO3.Ca/c2*1-7(10(12)13)6-14-9-4-2-8(11)3-5-9;/h2*2-5,7H,6H2,1H3,(H,12,13);/q;;+2/p-2. The second kappa shape index (κ2) is 14.7. The van der Waals surface area contributed by atoms with Gasteiger partial charge in [-0.1, -0.05) is 37.0 Å². The molecule has 2 unspecified atom stereocenters. The first-order valence-corrected chi connectivity index (χ1v) is 9.13. The van der Waals surface area contributed by atoms with Crippen molar-refractivity contribution in [2.24, 2.45) is 11.8 Å². The molecule has 2 atom stereocenters. The van der Waals surface area contributed by atoms with E-state index in [1.165, 1.54) is 13.8 Å². The minimum Gasteiger partial charge on any atom is -0.550 e. The van der Waals surface area contributed by atoms with Crippen molar-refractivity contribution >= 4 is 72.9 Å². The molecule has 0 saturated carbocycles. The normalized spacial score (nSPS) is 11.7. The van der Waals surface area contributed by atoms with E-state index in [2.05, 4.69) is 0 Å². The molecule has 0 bridgehead atoms. The summed E-state index contributed by atoms with van der Waals surface area (Å²) >= 11 is 11.3. The average Bonchev–Trinajstić information content (AvgIpc) is 2.67. The van der Waals surface area contributed by atoms with E-state index in [1.54, 1.807) is 48.5 Å². The van der Waals surface area contributed by atoms with Crippen LogP contribution in [0.15, 0.2) is 48.5 Å². The van der Waals surface area contributed by atoms with Crippen LogP contribution >= 0.6 is 23.2 Å². The predicted molar refractivity (Wildman–Crippen MR) is 108 cm³/mol. The molecule has 0 saturated heterocycles. The van der Waals surface area contributed by atoms with Crippen molar-refractivity contribution in [3.05, 3.63) is 58.6 Å². The maximum Gasteiger partial charge on any atom is 2.00 e. The first-order valence-electron chi connectivity index (χ1n) is 8.37. The largest absolute Gasteiger partial charge is 2.00 e. The van der Waals surface area contributed by atoms with E-state index in [-0.39, 0.29) is 51.0 Å². The third-order valence-corrected chi connectivity index (χ3v) is 3.94. The molecule has 152 valence electrons. The molecule has 0 fully saturated rings. The van der Waals surface area contributed by atoms with E-state index in [0.717, 1.165) is 0 Å². The number of ether oxygens (including phenoxy) is 2. The van der Waals surface area contributed by atoms with E-state index in [4.69, 9.17) is 32.7 Å². The molecule has 0 spiro atoms. The minimum absolute atomic E-state index is 0. The van der Waals surface area contributed by atoms with Crippen LogP contribution in [0.2, 0.25) is 10.0 Å². The van der Waals surface area contributed by atoms with Crippen LogP contribution < -0.4 is 19.7 Å². The summed E-state index contributed by atoms with van der Waals surface area (Å²) < 4.78 is 10.4. The number of aliphatic carboxylic acids is 2. The zero-order chi connectivity index (χ0) is 21.1. The number of carboxylic acids is 2. The number of rotatable bonds is 8. The topological polar surface area (TPSA) is 98.7 Å². The zero-order valence-corrected chi connectivity index (χ0v) is 19.8. The van der Waals surface area contributed by atoms with Gasteiger partial charge in [0, 0.05) is 33.8 Å². The van der Waals surface area contributed by atoms with Gasteiger partial charge in [-0.2, -0.15) is 0 Å². The molecule has 2 aromatic rings. The maximum absolute atomic E-state index is 10.4. The van der Waals surface area contributed by atoms with E-state index in [1.807, 2.05) is 0 Å². The Balaban J connectivity index is 0.000000523. The van der Waals surface area contributed by atoms with Gasteiger partial charge in [0.2, 0.25) is 0 Å². The van der Waals surface area contributed by atoms with Gasteiger partial charge < -0.3 is 29.3 Å². The number of halogens is 2. The van der Waals surface area contributed by atoms with Crippen LogP contribution in [0.5, 0.6) is 11.5 Å². The molecule has 0 aliphatic rings. The van der Waals surface area contributed by atoms with E-state index < -0.39 is 23.8 Å². The smallest absolute Gasteiger partial charge is 0.550 e. The Morgan fingerprint density at radius 1 is 0.759 bits per heavy atom. The van der Waals surface area contributed by atoms with Gasteiger partial charge in [0.25, 0.3) is 0 Å². The summed E-state index contributed by atoms with van der Waals surface area (Å²) in [4.78, 5) is 20.7. The average molecular weight is 467 g/mol. The predicted octanol–water partition coefficient (Wildman–Crippen LogP) is 1.83. The molecule has 0 N–H and O–H groups in total. The van der Waals surface area contributed by atoms with Crippen LogP contribution in [-0.2, 0) is 9.59 Å². The Hall–Kier alpha value is -1.18. The van der Waals surface area contributed by atoms with Crippen LogP contribution in [0.4, 0.5) is 0 Å². The number of hydrogen-bond donors (Lipinski definition) is 0. The van der Waals surface area contributed by atoms with Gasteiger partial charge in [0.1, 0.15) is 11.5 Å². The summed E-state index contributed by atoms with van der Waals surface area (Å²) in [6.07, 6.45) is 0. The molecule has 9 heteroatoms. The van der Waals surface area contributed by atoms with E-state index in [0.29, 0.717) is 21.5 Å². The monoisotopic (exact) mass is 466 g/mol. The summed E-state index contributed by atoms with van der Waals surface area (Å²) in [5.74, 6) is -2.26. The number of hydrogen-bond acceptors (Lipinski definition) is 6. The maximum atomic E-state index is 10.4. The molecule has 0 aliphatic carbocycles. The molecule has 2 rings (SSSR count). The molecule has 0 heterocycles. The Kier molecular flexibility index (Phi) is 14.1. The molecule has 0 radical (unpaired) electrons. The summed E-state index contributed by atoms with van der Waals surface area (Å²) in [5.41, 5.74) is 0. The fraction of sp³-hybridized carbons (Fsp3) is 0.300. The molecule has 2 aromatic carbocycles. The number of carboxylic acid groups (broad SMARTS) is 2. The van der Waals surface area contributed by atoms with Gasteiger partial charge in [0.15, 0.2) is 0 Å². The van der Waals surface area contributed by atoms with Crippen molar-refractivity contribution in [1.82, 2.24) is 0 Å². The molecular weight excluding hydrogens is 447 g/mol. The second-order valence-electron chi connectivity index (χ2n) is 5.97. The van der Waals surface area contributed by atoms with Crippen molar-refractivity contribution in [1.29, 1.82) is 0 Å². The number of carbonyl (C=O) groups excluding carboxylic acids is 2. The molecule has 0 aromatic heterocycles. The van der Waals surface area contributed by atoms with Gasteiger partial charge in [-0.05, 0) is 48.5 Å². The fourth-order valence-electron chi connectivity index (χ4n) is 1.64. The van der Waals surface area contributed by atoms with Crippen molar-refractivity contribution in [2.75, 3.05) is 13.2 Å². The van der Waals surface area contributed by atoms with Crippen molar-refractivity contribution < 1.29 is 29.3 Å². The molecule has 0 aliphatic heterocycles. The summed E-state index contributed by atoms with van der Waals surface area (Å²) in [6.45, 7) is 3.27. The Morgan fingerprint density at radius 2 is 1.03 bits per heavy atom. The molecule has 29 heavy (non-hydrogen) atoms. The Morgan fingerprint density at radius 3 is 1.28 bits per heavy atom. The van der Waals surface area contributed by atoms with Crippen LogP contribution in [0, 0.1) is 11.8 Å². The SMILES string of the molecule is CC(COc1ccc(Cl)cc1)C(=O)[O-].CC(COc1ccc(Cl)cc1)C(=O)[O-].[Ca+2]. The van der Waals surface area contributed by atoms with Crippen LogP contribution in [0.3, 0.4) is 0 Å². The van der Waals surface area contributed by atoms with Gasteiger partial charge in [-0.25, -0.2) is 0 Å². The van der Waals surface area contributed by atoms with Gasteiger partial charge in [0.05, 0.1) is 13.2 Å². The third kappa shape index (κ3) is 12.2. The van der Waals surface area contributed by atoms with Crippen LogP contribution in [0.1, 0.15) is 13.8 Å². The first-order chi connectivity index (χ1) is 13.2. The Labute approximate surface area is 209 Å². The van der Waals surface area contributed by atoms with Gasteiger partial charge >= 0.3 is 37.7 Å². The van der Waals surface area contributed by atoms with E-state index in [9.17, 15) is 19.8 Å². The summed E-state index contributed by atoms with van der Waals surface area (Å²) in [6, 6.07) is 13.5. The van der Waals surface area contributed by atoms with Gasteiger partial charge in [-0.3, -0.25) is 0 Å². The quantitative estimate of drug-likeness (QED) is 0.550. The first kappa shape index (κ1) is 27.8. The Bertz CT molecular complexity index is 687. The molecule has 0 amide bonds. The van der Waals surface area contributed by atoms with Gasteiger partial charge in [-0.15, -0.1) is 0 Å². The minimum atomic E-state index is -1.11. The van der Waals surface area contributed by atoms with Crippen LogP contribution in [-0.4, -0.2) is 62.9 Å². The zero-order valence-electron chi connectivity index (χ0n) is 16.1. The third-order valence-electron chi connectivity index (χ3n) is 3.43. The number of benzene rings is 2. The molecule has 6 nitrogen and oxygen atoms in total. The summed E-state index contributed by atoms with van der Waals surface area (Å²) in [5, 5.41) is 22.0. The number of carbonyl (C=O) groups is 2. The summed E-state index contributed by atoms with van der Waals surface area (Å²) in [7, 11) is 0. The van der Waals surface area contributed by atoms with Crippen molar-refractivity contribution in [3.63, 3.8) is 0 Å². The van der Waals surface area contributed by atoms with Crippen LogP contribution in [0.25, 0.3) is 0 Å². The van der Waals surface area contributed by atoms with E-state index >= 15 is 0 Å². The van der Waals surface area contributed by atoms with Crippen molar-refractivity contribution in [2.45, 2.75) is 13.8 Å².